The molecule has 1 heterocycles. The second kappa shape index (κ2) is 4.90. The van der Waals surface area contributed by atoms with Crippen molar-refractivity contribution >= 4 is 0 Å². The summed E-state index contributed by atoms with van der Waals surface area (Å²) in [5.41, 5.74) is 1.94. The summed E-state index contributed by atoms with van der Waals surface area (Å²) in [5, 5.41) is 11.9. The molecule has 0 saturated heterocycles. The molecule has 0 aliphatic rings. The molecule has 0 unspecified atom stereocenters. The van der Waals surface area contributed by atoms with Crippen molar-refractivity contribution in [2.45, 2.75) is 26.4 Å². The molecule has 0 radical (unpaired) electrons. The third-order valence-electron chi connectivity index (χ3n) is 2.22. The fourth-order valence-electron chi connectivity index (χ4n) is 1.37. The molecule has 2 aromatic rings. The molecule has 1 aromatic carbocycles. The van der Waals surface area contributed by atoms with Crippen LogP contribution in [-0.2, 0) is 6.54 Å². The first kappa shape index (κ1) is 10.8. The van der Waals surface area contributed by atoms with E-state index in [1.165, 1.54) is 0 Å². The van der Waals surface area contributed by atoms with E-state index in [0.29, 0.717) is 6.04 Å². The Morgan fingerprint density at radius 3 is 2.69 bits per heavy atom. The largest absolute Gasteiger partial charge is 0.309 e. The van der Waals surface area contributed by atoms with Crippen molar-refractivity contribution in [3.63, 3.8) is 0 Å². The first-order chi connectivity index (χ1) is 7.75. The topological polar surface area (TPSA) is 42.7 Å². The maximum Gasteiger partial charge on any atom is 0.0969 e. The summed E-state index contributed by atoms with van der Waals surface area (Å²) < 4.78 is 0. The highest BCUT2D eigenvalue weighted by Gasteiger charge is 2.02. The predicted octanol–water partition coefficient (Wildman–Crippen LogP) is 1.77. The normalized spacial score (nSPS) is 10.9. The molecule has 2 rings (SSSR count). The van der Waals surface area contributed by atoms with E-state index in [4.69, 9.17) is 0 Å². The minimum Gasteiger partial charge on any atom is -0.309 e. The lowest BCUT2D eigenvalue weighted by Gasteiger charge is -2.04. The van der Waals surface area contributed by atoms with E-state index in [0.717, 1.165) is 17.9 Å². The Hall–Kier alpha value is -1.68. The minimum absolute atomic E-state index is 0.460. The molecule has 4 nitrogen and oxygen atoms in total. The summed E-state index contributed by atoms with van der Waals surface area (Å²) in [4.78, 5) is 1.65. The second-order valence-corrected chi connectivity index (χ2v) is 4.00. The van der Waals surface area contributed by atoms with Gasteiger partial charge in [0.2, 0.25) is 0 Å². The SMILES string of the molecule is CC(C)NCc1cnn(-c2ccccc2)n1. The minimum atomic E-state index is 0.460. The molecule has 0 saturated carbocycles. The maximum atomic E-state index is 4.40. The zero-order valence-corrected chi connectivity index (χ0v) is 9.59. The van der Waals surface area contributed by atoms with Gasteiger partial charge in [0.05, 0.1) is 17.6 Å². The van der Waals surface area contributed by atoms with Gasteiger partial charge in [-0.2, -0.15) is 15.0 Å². The first-order valence-electron chi connectivity index (χ1n) is 5.46. The van der Waals surface area contributed by atoms with Crippen molar-refractivity contribution in [1.82, 2.24) is 20.3 Å². The summed E-state index contributed by atoms with van der Waals surface area (Å²) in [6.07, 6.45) is 1.79. The Labute approximate surface area is 95.3 Å². The third kappa shape index (κ3) is 2.67. The van der Waals surface area contributed by atoms with Gasteiger partial charge in [-0.3, -0.25) is 0 Å². The summed E-state index contributed by atoms with van der Waals surface area (Å²) in [7, 11) is 0. The van der Waals surface area contributed by atoms with Crippen LogP contribution in [0.25, 0.3) is 5.69 Å². The van der Waals surface area contributed by atoms with E-state index in [1.807, 2.05) is 30.3 Å². The smallest absolute Gasteiger partial charge is 0.0969 e. The zero-order valence-electron chi connectivity index (χ0n) is 9.59. The van der Waals surface area contributed by atoms with Gasteiger partial charge in [0.25, 0.3) is 0 Å². The van der Waals surface area contributed by atoms with Crippen molar-refractivity contribution < 1.29 is 0 Å². The molecule has 0 atom stereocenters. The fourth-order valence-corrected chi connectivity index (χ4v) is 1.37. The van der Waals surface area contributed by atoms with Crippen LogP contribution in [-0.4, -0.2) is 21.0 Å². The lowest BCUT2D eigenvalue weighted by molar-refractivity contribution is 0.577. The van der Waals surface area contributed by atoms with Crippen LogP contribution in [0.3, 0.4) is 0 Å². The van der Waals surface area contributed by atoms with Gasteiger partial charge in [0.1, 0.15) is 0 Å². The number of hydrogen-bond acceptors (Lipinski definition) is 3. The monoisotopic (exact) mass is 216 g/mol. The Morgan fingerprint density at radius 2 is 2.00 bits per heavy atom. The van der Waals surface area contributed by atoms with E-state index in [1.54, 1.807) is 11.0 Å². The molecule has 0 aliphatic carbocycles. The average molecular weight is 216 g/mol. The molecule has 16 heavy (non-hydrogen) atoms. The van der Waals surface area contributed by atoms with Crippen molar-refractivity contribution in [2.75, 3.05) is 0 Å². The Bertz CT molecular complexity index is 433. The van der Waals surface area contributed by atoms with Gasteiger partial charge >= 0.3 is 0 Å². The van der Waals surface area contributed by atoms with Gasteiger partial charge < -0.3 is 5.32 Å². The molecule has 1 aromatic heterocycles. The van der Waals surface area contributed by atoms with Crippen LogP contribution < -0.4 is 5.32 Å². The van der Waals surface area contributed by atoms with Gasteiger partial charge in [-0.15, -0.1) is 0 Å². The summed E-state index contributed by atoms with van der Waals surface area (Å²) in [5.74, 6) is 0. The number of aromatic nitrogens is 3. The van der Waals surface area contributed by atoms with Crippen LogP contribution in [0.4, 0.5) is 0 Å². The maximum absolute atomic E-state index is 4.40. The number of rotatable bonds is 4. The van der Waals surface area contributed by atoms with E-state index in [-0.39, 0.29) is 0 Å². The van der Waals surface area contributed by atoms with Crippen LogP contribution >= 0.6 is 0 Å². The molecule has 0 fully saturated rings. The standard InChI is InChI=1S/C12H16N4/c1-10(2)13-8-11-9-14-16(15-11)12-6-4-3-5-7-12/h3-7,9-10,13H,8H2,1-2H3. The molecule has 84 valence electrons. The molecule has 0 spiro atoms. The van der Waals surface area contributed by atoms with Gasteiger partial charge in [0.15, 0.2) is 0 Å². The summed E-state index contributed by atoms with van der Waals surface area (Å²) in [6, 6.07) is 10.4. The van der Waals surface area contributed by atoms with Crippen LogP contribution in [0.2, 0.25) is 0 Å². The van der Waals surface area contributed by atoms with E-state index >= 15 is 0 Å². The fraction of sp³-hybridized carbons (Fsp3) is 0.333. The van der Waals surface area contributed by atoms with E-state index in [9.17, 15) is 0 Å². The lowest BCUT2D eigenvalue weighted by Crippen LogP contribution is -2.22. The first-order valence-corrected chi connectivity index (χ1v) is 5.46. The molecule has 0 bridgehead atoms. The van der Waals surface area contributed by atoms with E-state index < -0.39 is 0 Å². The number of nitrogens with one attached hydrogen (secondary N) is 1. The average Bonchev–Trinajstić information content (AvgIpc) is 2.76. The van der Waals surface area contributed by atoms with Crippen LogP contribution in [0.1, 0.15) is 19.5 Å². The van der Waals surface area contributed by atoms with Crippen LogP contribution in [0.15, 0.2) is 36.5 Å². The molecule has 4 heteroatoms. The van der Waals surface area contributed by atoms with Crippen LogP contribution in [0.5, 0.6) is 0 Å². The van der Waals surface area contributed by atoms with Crippen LogP contribution in [0, 0.1) is 0 Å². The Morgan fingerprint density at radius 1 is 1.25 bits per heavy atom. The zero-order chi connectivity index (χ0) is 11.4. The van der Waals surface area contributed by atoms with Gasteiger partial charge in [-0.25, -0.2) is 0 Å². The number of hydrogen-bond donors (Lipinski definition) is 1. The number of benzene rings is 1. The van der Waals surface area contributed by atoms with Gasteiger partial charge in [0, 0.05) is 12.6 Å². The highest BCUT2D eigenvalue weighted by molar-refractivity contribution is 5.28. The highest BCUT2D eigenvalue weighted by Crippen LogP contribution is 2.04. The lowest BCUT2D eigenvalue weighted by atomic mass is 10.3. The Balaban J connectivity index is 2.08. The van der Waals surface area contributed by atoms with E-state index in [2.05, 4.69) is 29.4 Å². The molecular formula is C12H16N4. The van der Waals surface area contributed by atoms with Gasteiger partial charge in [-0.1, -0.05) is 32.0 Å². The van der Waals surface area contributed by atoms with Crippen molar-refractivity contribution in [2.24, 2.45) is 0 Å². The summed E-state index contributed by atoms with van der Waals surface area (Å²) >= 11 is 0. The van der Waals surface area contributed by atoms with Crippen molar-refractivity contribution in [1.29, 1.82) is 0 Å². The molecule has 1 N–H and O–H groups in total. The van der Waals surface area contributed by atoms with Crippen molar-refractivity contribution in [3.05, 3.63) is 42.2 Å². The number of nitrogens with zero attached hydrogens (tertiary/aromatic N) is 3. The molecule has 0 aliphatic heterocycles. The predicted molar refractivity (Wildman–Crippen MR) is 63.3 cm³/mol. The summed E-state index contributed by atoms with van der Waals surface area (Å²) in [6.45, 7) is 4.98. The van der Waals surface area contributed by atoms with Gasteiger partial charge in [-0.05, 0) is 12.1 Å². The third-order valence-corrected chi connectivity index (χ3v) is 2.22. The second-order valence-electron chi connectivity index (χ2n) is 4.00. The molecule has 0 amide bonds. The van der Waals surface area contributed by atoms with Crippen molar-refractivity contribution in [3.8, 4) is 5.69 Å². The number of para-hydroxylation sites is 1. The quantitative estimate of drug-likeness (QED) is 0.847. The Kier molecular flexibility index (Phi) is 3.31. The highest BCUT2D eigenvalue weighted by atomic mass is 15.5. The molecular weight excluding hydrogens is 200 g/mol.